The predicted molar refractivity (Wildman–Crippen MR) is 103 cm³/mol. The van der Waals surface area contributed by atoms with Gasteiger partial charge in [-0.15, -0.1) is 0 Å². The number of carbonyl (C=O) groups is 2. The van der Waals surface area contributed by atoms with Gasteiger partial charge in [0.15, 0.2) is 0 Å². The molecule has 9 heteroatoms. The second-order valence-electron chi connectivity index (χ2n) is 6.86. The van der Waals surface area contributed by atoms with E-state index in [4.69, 9.17) is 10.9 Å². The highest BCUT2D eigenvalue weighted by Crippen LogP contribution is 2.26. The Kier molecular flexibility index (Phi) is 7.61. The number of hydrogen-bond donors (Lipinski definition) is 4. The van der Waals surface area contributed by atoms with Gasteiger partial charge in [0.05, 0.1) is 4.90 Å². The number of primary amides is 1. The standard InChI is InChI=1S/C18H27N4O4S/c19-18(24)16(22-17(23)11-6-13-4-2-1-3-5-13)12-21-14-7-9-15(10-8-14)27(20,25)26/h7-11,13,16,21H,1-6,12H2,(H2,19,24)(H,22,23)(H2,20,25,26)/t16-/m0/s1. The maximum atomic E-state index is 12.1. The number of carbonyl (C=O) groups excluding carboxylic acids is 2. The number of hydrogen-bond acceptors (Lipinski definition) is 5. The van der Waals surface area contributed by atoms with Crippen LogP contribution in [0.4, 0.5) is 5.69 Å². The number of nitrogens with two attached hydrogens (primary N) is 2. The molecule has 1 atom stereocenters. The van der Waals surface area contributed by atoms with Crippen LogP contribution in [-0.4, -0.2) is 32.8 Å². The molecule has 2 rings (SSSR count). The topological polar surface area (TPSA) is 144 Å². The van der Waals surface area contributed by atoms with Crippen molar-refractivity contribution in [3.8, 4) is 0 Å². The molecule has 8 nitrogen and oxygen atoms in total. The lowest BCUT2D eigenvalue weighted by molar-refractivity contribution is -0.125. The lowest BCUT2D eigenvalue weighted by atomic mass is 9.86. The highest BCUT2D eigenvalue weighted by atomic mass is 32.2. The predicted octanol–water partition coefficient (Wildman–Crippen LogP) is 0.891. The van der Waals surface area contributed by atoms with Crippen LogP contribution in [0.25, 0.3) is 0 Å². The quantitative estimate of drug-likeness (QED) is 0.491. The van der Waals surface area contributed by atoms with E-state index in [9.17, 15) is 18.0 Å². The Labute approximate surface area is 160 Å². The second kappa shape index (κ2) is 9.70. The normalized spacial score (nSPS) is 16.5. The molecule has 1 aliphatic carbocycles. The fraction of sp³-hybridized carbons (Fsp3) is 0.500. The molecule has 0 aliphatic heterocycles. The Morgan fingerprint density at radius 2 is 1.78 bits per heavy atom. The molecule has 1 fully saturated rings. The SMILES string of the molecule is NC(=O)[C@H](CNc1ccc(S(N)(=O)=O)cc1)NC(=O)[CH]CC1CCCCC1. The fourth-order valence-corrected chi connectivity index (χ4v) is 3.65. The van der Waals surface area contributed by atoms with Gasteiger partial charge in [0.1, 0.15) is 6.04 Å². The fourth-order valence-electron chi connectivity index (χ4n) is 3.13. The van der Waals surface area contributed by atoms with E-state index in [1.807, 2.05) is 0 Å². The van der Waals surface area contributed by atoms with Crippen molar-refractivity contribution < 1.29 is 18.0 Å². The zero-order chi connectivity index (χ0) is 19.9. The Balaban J connectivity index is 1.82. The summed E-state index contributed by atoms with van der Waals surface area (Å²) in [5, 5.41) is 10.6. The molecule has 0 unspecified atom stereocenters. The number of amides is 2. The minimum Gasteiger partial charge on any atom is -0.382 e. The van der Waals surface area contributed by atoms with Gasteiger partial charge in [0.2, 0.25) is 21.8 Å². The molecule has 0 bridgehead atoms. The molecule has 1 saturated carbocycles. The van der Waals surface area contributed by atoms with E-state index in [0.29, 0.717) is 18.0 Å². The summed E-state index contributed by atoms with van der Waals surface area (Å²) in [6, 6.07) is 4.88. The molecule has 27 heavy (non-hydrogen) atoms. The molecule has 0 heterocycles. The van der Waals surface area contributed by atoms with Gasteiger partial charge in [-0.3, -0.25) is 9.59 Å². The van der Waals surface area contributed by atoms with Crippen molar-refractivity contribution in [3.63, 3.8) is 0 Å². The molecule has 1 aromatic carbocycles. The van der Waals surface area contributed by atoms with Crippen molar-refractivity contribution in [2.75, 3.05) is 11.9 Å². The molecule has 2 amide bonds. The first-order valence-electron chi connectivity index (χ1n) is 9.05. The first kappa shape index (κ1) is 21.2. The van der Waals surface area contributed by atoms with Gasteiger partial charge in [-0.25, -0.2) is 13.6 Å². The summed E-state index contributed by atoms with van der Waals surface area (Å²) >= 11 is 0. The third-order valence-corrected chi connectivity index (χ3v) is 5.64. The molecule has 149 valence electrons. The maximum Gasteiger partial charge on any atom is 0.241 e. The zero-order valence-corrected chi connectivity index (χ0v) is 16.0. The van der Waals surface area contributed by atoms with E-state index >= 15 is 0 Å². The Morgan fingerprint density at radius 1 is 1.15 bits per heavy atom. The van der Waals surface area contributed by atoms with Gasteiger partial charge < -0.3 is 16.4 Å². The lowest BCUT2D eigenvalue weighted by Crippen LogP contribution is -2.48. The lowest BCUT2D eigenvalue weighted by Gasteiger charge is -2.21. The Morgan fingerprint density at radius 3 is 2.33 bits per heavy atom. The summed E-state index contributed by atoms with van der Waals surface area (Å²) in [4.78, 5) is 23.7. The van der Waals surface area contributed by atoms with E-state index in [-0.39, 0.29) is 17.3 Å². The molecule has 1 aromatic rings. The molecule has 0 spiro atoms. The van der Waals surface area contributed by atoms with Gasteiger partial charge in [-0.2, -0.15) is 0 Å². The van der Waals surface area contributed by atoms with Crippen LogP contribution in [0.3, 0.4) is 0 Å². The van der Waals surface area contributed by atoms with Crippen molar-refractivity contribution in [3.05, 3.63) is 30.7 Å². The highest BCUT2D eigenvalue weighted by Gasteiger charge is 2.20. The summed E-state index contributed by atoms with van der Waals surface area (Å²) in [5.74, 6) is -0.425. The van der Waals surface area contributed by atoms with Crippen LogP contribution >= 0.6 is 0 Å². The van der Waals surface area contributed by atoms with Crippen molar-refractivity contribution in [1.29, 1.82) is 0 Å². The Bertz CT molecular complexity index is 743. The smallest absolute Gasteiger partial charge is 0.241 e. The average molecular weight is 396 g/mol. The number of benzene rings is 1. The summed E-state index contributed by atoms with van der Waals surface area (Å²) in [7, 11) is -3.76. The van der Waals surface area contributed by atoms with Crippen molar-refractivity contribution in [2.24, 2.45) is 16.8 Å². The van der Waals surface area contributed by atoms with Gasteiger partial charge in [0.25, 0.3) is 0 Å². The monoisotopic (exact) mass is 395 g/mol. The van der Waals surface area contributed by atoms with Crippen LogP contribution in [0.1, 0.15) is 38.5 Å². The van der Waals surface area contributed by atoms with Crippen molar-refractivity contribution in [2.45, 2.75) is 49.5 Å². The minimum absolute atomic E-state index is 0.00915. The number of nitrogens with one attached hydrogen (secondary N) is 2. The number of primary sulfonamides is 1. The molecular formula is C18H27N4O4S. The van der Waals surface area contributed by atoms with E-state index in [1.165, 1.54) is 43.5 Å². The van der Waals surface area contributed by atoms with E-state index in [1.54, 1.807) is 6.42 Å². The van der Waals surface area contributed by atoms with Crippen LogP contribution in [-0.2, 0) is 19.6 Å². The number of sulfonamides is 1. The van der Waals surface area contributed by atoms with Gasteiger partial charge in [-0.05, 0) is 36.6 Å². The number of rotatable bonds is 9. The number of anilines is 1. The molecule has 1 aliphatic rings. The summed E-state index contributed by atoms with van der Waals surface area (Å²) in [6.45, 7) is 0.0903. The van der Waals surface area contributed by atoms with Gasteiger partial charge in [0, 0.05) is 18.7 Å². The van der Waals surface area contributed by atoms with Crippen LogP contribution in [0.2, 0.25) is 0 Å². The van der Waals surface area contributed by atoms with Crippen molar-refractivity contribution in [1.82, 2.24) is 5.32 Å². The maximum absolute atomic E-state index is 12.1. The molecule has 0 saturated heterocycles. The highest BCUT2D eigenvalue weighted by molar-refractivity contribution is 7.89. The summed E-state index contributed by atoms with van der Waals surface area (Å²) < 4.78 is 22.5. The van der Waals surface area contributed by atoms with E-state index < -0.39 is 22.0 Å². The summed E-state index contributed by atoms with van der Waals surface area (Å²) in [5.41, 5.74) is 5.94. The van der Waals surface area contributed by atoms with Gasteiger partial charge in [-0.1, -0.05) is 32.1 Å². The molecular weight excluding hydrogens is 368 g/mol. The van der Waals surface area contributed by atoms with E-state index in [0.717, 1.165) is 12.8 Å². The first-order valence-corrected chi connectivity index (χ1v) is 10.6. The average Bonchev–Trinajstić information content (AvgIpc) is 2.63. The third-order valence-electron chi connectivity index (χ3n) is 4.71. The third kappa shape index (κ3) is 7.18. The van der Waals surface area contributed by atoms with Crippen LogP contribution in [0.5, 0.6) is 0 Å². The van der Waals surface area contributed by atoms with Crippen LogP contribution in [0, 0.1) is 12.3 Å². The summed E-state index contributed by atoms with van der Waals surface area (Å²) in [6.07, 6.45) is 8.25. The zero-order valence-electron chi connectivity index (χ0n) is 15.2. The largest absolute Gasteiger partial charge is 0.382 e. The molecule has 0 aromatic heterocycles. The molecule has 6 N–H and O–H groups in total. The van der Waals surface area contributed by atoms with Gasteiger partial charge >= 0.3 is 0 Å². The van der Waals surface area contributed by atoms with Crippen molar-refractivity contribution >= 4 is 27.5 Å². The van der Waals surface area contributed by atoms with Crippen LogP contribution in [0.15, 0.2) is 29.2 Å². The first-order chi connectivity index (χ1) is 12.8. The molecule has 1 radical (unpaired) electrons. The minimum atomic E-state index is -3.76. The Hall–Kier alpha value is -2.13. The second-order valence-corrected chi connectivity index (χ2v) is 8.42. The van der Waals surface area contributed by atoms with E-state index in [2.05, 4.69) is 10.6 Å². The van der Waals surface area contributed by atoms with Crippen LogP contribution < -0.4 is 21.5 Å².